The molecule has 4 N–H and O–H groups in total. The second kappa shape index (κ2) is 4.97. The Morgan fingerprint density at radius 1 is 1.67 bits per heavy atom. The number of ether oxygens (including phenoxy) is 1. The van der Waals surface area contributed by atoms with Gasteiger partial charge in [-0.3, -0.25) is 4.79 Å². The first-order valence-corrected chi connectivity index (χ1v) is 4.98. The van der Waals surface area contributed by atoms with Crippen molar-refractivity contribution in [2.24, 2.45) is 10.9 Å². The molecule has 0 aromatic carbocycles. The van der Waals surface area contributed by atoms with Gasteiger partial charge in [0.15, 0.2) is 5.84 Å². The third-order valence-corrected chi connectivity index (χ3v) is 2.44. The Balaban J connectivity index is 2.42. The summed E-state index contributed by atoms with van der Waals surface area (Å²) in [5, 5.41) is 13.8. The summed E-state index contributed by atoms with van der Waals surface area (Å²) in [5.74, 6) is -0.229. The van der Waals surface area contributed by atoms with Crippen molar-refractivity contribution in [2.45, 2.75) is 44.9 Å². The van der Waals surface area contributed by atoms with Crippen molar-refractivity contribution >= 4 is 11.7 Å². The highest BCUT2D eigenvalue weighted by molar-refractivity contribution is 5.90. The Hall–Kier alpha value is -1.30. The first-order chi connectivity index (χ1) is 7.04. The number of hydrogen-bond donors (Lipinski definition) is 3. The van der Waals surface area contributed by atoms with Gasteiger partial charge in [0, 0.05) is 0 Å². The number of nitrogens with zero attached hydrogens (tertiary/aromatic N) is 1. The van der Waals surface area contributed by atoms with Gasteiger partial charge < -0.3 is 21.0 Å². The Labute approximate surface area is 88.5 Å². The fourth-order valence-corrected chi connectivity index (χ4v) is 1.46. The van der Waals surface area contributed by atoms with Crippen molar-refractivity contribution in [2.75, 3.05) is 0 Å². The number of hydrogen-bond acceptors (Lipinski definition) is 4. The second-order valence-electron chi connectivity index (χ2n) is 3.77. The number of carbonyl (C=O) groups excluding carboxylic acids is 1. The van der Waals surface area contributed by atoms with Crippen molar-refractivity contribution in [1.29, 1.82) is 0 Å². The van der Waals surface area contributed by atoms with E-state index >= 15 is 0 Å². The molecule has 15 heavy (non-hydrogen) atoms. The summed E-state index contributed by atoms with van der Waals surface area (Å²) in [6, 6.07) is -0.484. The topological polar surface area (TPSA) is 96.9 Å². The molecule has 0 bridgehead atoms. The largest absolute Gasteiger partial charge is 0.409 e. The normalized spacial score (nSPS) is 28.8. The summed E-state index contributed by atoms with van der Waals surface area (Å²) < 4.78 is 5.38. The van der Waals surface area contributed by atoms with Crippen LogP contribution in [-0.4, -0.2) is 35.2 Å². The van der Waals surface area contributed by atoms with Crippen molar-refractivity contribution < 1.29 is 14.7 Å². The predicted octanol–water partition coefficient (Wildman–Crippen LogP) is -0.195. The minimum absolute atomic E-state index is 0.0191. The van der Waals surface area contributed by atoms with E-state index in [1.807, 2.05) is 6.92 Å². The molecule has 6 nitrogen and oxygen atoms in total. The summed E-state index contributed by atoms with van der Waals surface area (Å²) in [4.78, 5) is 11.6. The predicted molar refractivity (Wildman–Crippen MR) is 54.6 cm³/mol. The number of nitrogens with one attached hydrogen (secondary N) is 1. The molecule has 1 rings (SSSR count). The Bertz CT molecular complexity index is 267. The van der Waals surface area contributed by atoms with Gasteiger partial charge in [-0.1, -0.05) is 5.16 Å². The quantitative estimate of drug-likeness (QED) is 0.263. The zero-order valence-corrected chi connectivity index (χ0v) is 8.93. The maximum Gasteiger partial charge on any atom is 0.249 e. The van der Waals surface area contributed by atoms with E-state index in [0.717, 1.165) is 12.8 Å². The fraction of sp³-hybridized carbons (Fsp3) is 0.778. The SMILES string of the molecule is CC1CCC(C(=O)NC(C)C(N)=NO)O1. The van der Waals surface area contributed by atoms with E-state index in [9.17, 15) is 4.79 Å². The molecule has 0 radical (unpaired) electrons. The highest BCUT2D eigenvalue weighted by Crippen LogP contribution is 2.18. The molecule has 0 aromatic heterocycles. The number of amides is 1. The molecule has 0 aromatic rings. The standard InChI is InChI=1S/C9H17N3O3/c1-5-3-4-7(15-5)9(13)11-6(2)8(10)12-14/h5-7,14H,3-4H2,1-2H3,(H2,10,12)(H,11,13). The molecule has 0 spiro atoms. The van der Waals surface area contributed by atoms with Gasteiger partial charge in [0.2, 0.25) is 5.91 Å². The highest BCUT2D eigenvalue weighted by Gasteiger charge is 2.29. The number of carbonyl (C=O) groups is 1. The lowest BCUT2D eigenvalue weighted by Gasteiger charge is -2.15. The van der Waals surface area contributed by atoms with Crippen LogP contribution in [-0.2, 0) is 9.53 Å². The van der Waals surface area contributed by atoms with E-state index in [4.69, 9.17) is 15.7 Å². The Morgan fingerprint density at radius 2 is 2.33 bits per heavy atom. The highest BCUT2D eigenvalue weighted by atomic mass is 16.5. The van der Waals surface area contributed by atoms with E-state index in [0.29, 0.717) is 0 Å². The van der Waals surface area contributed by atoms with Crippen LogP contribution in [0.15, 0.2) is 5.16 Å². The van der Waals surface area contributed by atoms with Gasteiger partial charge in [0.1, 0.15) is 6.10 Å². The maximum atomic E-state index is 11.6. The van der Waals surface area contributed by atoms with Crippen molar-refractivity contribution in [1.82, 2.24) is 5.32 Å². The van der Waals surface area contributed by atoms with Crippen LogP contribution in [0.2, 0.25) is 0 Å². The lowest BCUT2D eigenvalue weighted by atomic mass is 10.2. The van der Waals surface area contributed by atoms with Crippen LogP contribution in [0.3, 0.4) is 0 Å². The van der Waals surface area contributed by atoms with Gasteiger partial charge in [-0.15, -0.1) is 0 Å². The minimum atomic E-state index is -0.484. The summed E-state index contributed by atoms with van der Waals surface area (Å²) in [5.41, 5.74) is 5.34. The molecule has 0 saturated carbocycles. The van der Waals surface area contributed by atoms with E-state index in [-0.39, 0.29) is 17.8 Å². The van der Waals surface area contributed by atoms with Crippen LogP contribution >= 0.6 is 0 Å². The fourth-order valence-electron chi connectivity index (χ4n) is 1.46. The molecule has 6 heteroatoms. The molecule has 1 aliphatic rings. The molecule has 0 aliphatic carbocycles. The van der Waals surface area contributed by atoms with Crippen LogP contribution < -0.4 is 11.1 Å². The molecule has 1 amide bonds. The summed E-state index contributed by atoms with van der Waals surface area (Å²) in [6.45, 7) is 3.57. The molecule has 1 aliphatic heterocycles. The number of amidine groups is 1. The average Bonchev–Trinajstić information content (AvgIpc) is 2.63. The van der Waals surface area contributed by atoms with Crippen molar-refractivity contribution in [3.63, 3.8) is 0 Å². The van der Waals surface area contributed by atoms with Gasteiger partial charge in [0.05, 0.1) is 12.1 Å². The molecule has 3 atom stereocenters. The zero-order valence-electron chi connectivity index (χ0n) is 8.93. The lowest BCUT2D eigenvalue weighted by molar-refractivity contribution is -0.131. The average molecular weight is 215 g/mol. The van der Waals surface area contributed by atoms with E-state index in [1.54, 1.807) is 6.92 Å². The van der Waals surface area contributed by atoms with Gasteiger partial charge in [0.25, 0.3) is 0 Å². The Kier molecular flexibility index (Phi) is 3.90. The molecular weight excluding hydrogens is 198 g/mol. The Morgan fingerprint density at radius 3 is 2.80 bits per heavy atom. The van der Waals surface area contributed by atoms with Crippen LogP contribution in [0, 0.1) is 0 Å². The zero-order chi connectivity index (χ0) is 11.4. The van der Waals surface area contributed by atoms with Crippen LogP contribution in [0.5, 0.6) is 0 Å². The molecular formula is C9H17N3O3. The van der Waals surface area contributed by atoms with Gasteiger partial charge in [-0.05, 0) is 26.7 Å². The lowest BCUT2D eigenvalue weighted by Crippen LogP contribution is -2.46. The summed E-state index contributed by atoms with van der Waals surface area (Å²) >= 11 is 0. The first kappa shape index (κ1) is 11.8. The molecule has 86 valence electrons. The number of oxime groups is 1. The van der Waals surface area contributed by atoms with E-state index in [1.165, 1.54) is 0 Å². The van der Waals surface area contributed by atoms with E-state index in [2.05, 4.69) is 10.5 Å². The van der Waals surface area contributed by atoms with Crippen LogP contribution in [0.25, 0.3) is 0 Å². The van der Waals surface area contributed by atoms with Crippen molar-refractivity contribution in [3.05, 3.63) is 0 Å². The van der Waals surface area contributed by atoms with Gasteiger partial charge in [-0.2, -0.15) is 0 Å². The van der Waals surface area contributed by atoms with E-state index < -0.39 is 12.1 Å². The maximum absolute atomic E-state index is 11.6. The monoisotopic (exact) mass is 215 g/mol. The van der Waals surface area contributed by atoms with Gasteiger partial charge >= 0.3 is 0 Å². The van der Waals surface area contributed by atoms with Crippen LogP contribution in [0.1, 0.15) is 26.7 Å². The summed E-state index contributed by atoms with van der Waals surface area (Å²) in [7, 11) is 0. The number of nitrogens with two attached hydrogens (primary N) is 1. The molecule has 1 saturated heterocycles. The molecule has 1 heterocycles. The molecule has 3 unspecified atom stereocenters. The van der Waals surface area contributed by atoms with Crippen LogP contribution in [0.4, 0.5) is 0 Å². The smallest absolute Gasteiger partial charge is 0.249 e. The molecule has 1 fully saturated rings. The van der Waals surface area contributed by atoms with Crippen molar-refractivity contribution in [3.8, 4) is 0 Å². The third kappa shape index (κ3) is 3.09. The van der Waals surface area contributed by atoms with Gasteiger partial charge in [-0.25, -0.2) is 0 Å². The first-order valence-electron chi connectivity index (χ1n) is 4.98. The number of rotatable bonds is 3. The summed E-state index contributed by atoms with van der Waals surface area (Å²) in [6.07, 6.45) is 1.32. The second-order valence-corrected chi connectivity index (χ2v) is 3.77. The minimum Gasteiger partial charge on any atom is -0.409 e. The third-order valence-electron chi connectivity index (χ3n) is 2.44.